The molecule has 49 heavy (non-hydrogen) atoms. The summed E-state index contributed by atoms with van der Waals surface area (Å²) in [6.45, 7) is 0. The van der Waals surface area contributed by atoms with Crippen LogP contribution < -0.4 is 9.75 Å². The summed E-state index contributed by atoms with van der Waals surface area (Å²) in [5.74, 6) is -11.2. The molecule has 262 valence electrons. The maximum Gasteiger partial charge on any atom is 0.573 e. The van der Waals surface area contributed by atoms with Crippen LogP contribution in [0.3, 0.4) is 0 Å². The number of phenolic OH excluding ortho intramolecular Hbond substituents is 1. The van der Waals surface area contributed by atoms with Crippen molar-refractivity contribution in [1.82, 2.24) is 14.9 Å². The summed E-state index contributed by atoms with van der Waals surface area (Å²) >= 11 is 23.3. The number of anilines is 1. The third-order valence-electron chi connectivity index (χ3n) is 9.26. The second-order valence-corrected chi connectivity index (χ2v) is 13.9. The number of alkyl halides is 9. The molecule has 3 fully saturated rings. The number of hydrogen-bond donors (Lipinski definition) is 1. The lowest BCUT2D eigenvalue weighted by atomic mass is 9.56. The molecular weight excluding hydrogens is 801 g/mol. The number of pyridine rings is 1. The van der Waals surface area contributed by atoms with E-state index >= 15 is 0 Å². The van der Waals surface area contributed by atoms with Gasteiger partial charge in [-0.3, -0.25) is 29.1 Å². The molecule has 0 radical (unpaired) electrons. The Morgan fingerprint density at radius 1 is 1.04 bits per heavy atom. The summed E-state index contributed by atoms with van der Waals surface area (Å²) in [7, 11) is 1.10. The number of benzene rings is 1. The van der Waals surface area contributed by atoms with Crippen molar-refractivity contribution >= 4 is 80.2 Å². The second kappa shape index (κ2) is 11.6. The van der Waals surface area contributed by atoms with Gasteiger partial charge in [-0.1, -0.05) is 39.2 Å². The van der Waals surface area contributed by atoms with E-state index < -0.39 is 99.0 Å². The van der Waals surface area contributed by atoms with Crippen LogP contribution in [0.1, 0.15) is 30.0 Å². The zero-order valence-electron chi connectivity index (χ0n) is 24.5. The highest BCUT2D eigenvalue weighted by Gasteiger charge is 2.76. The Labute approximate surface area is 295 Å². The predicted octanol–water partition coefficient (Wildman–Crippen LogP) is 6.12. The number of allylic oxidation sites excluding steroid dienone is 2. The van der Waals surface area contributed by atoms with Gasteiger partial charge in [0.2, 0.25) is 0 Å². The molecule has 4 amide bonds. The first-order valence-corrected chi connectivity index (χ1v) is 16.4. The van der Waals surface area contributed by atoms with E-state index in [2.05, 4.69) is 25.7 Å². The van der Waals surface area contributed by atoms with E-state index in [1.807, 2.05) is 0 Å². The normalized spacial score (nSPS) is 29.9. The zero-order chi connectivity index (χ0) is 36.2. The maximum atomic E-state index is 14.2. The fraction of sp³-hybridized carbons (Fsp3) is 0.414. The van der Waals surface area contributed by atoms with Crippen LogP contribution in [-0.4, -0.2) is 72.2 Å². The predicted molar refractivity (Wildman–Crippen MR) is 163 cm³/mol. The minimum Gasteiger partial charge on any atom is -0.508 e. The lowest BCUT2D eigenvalue weighted by Gasteiger charge is -2.50. The Kier molecular flexibility index (Phi) is 8.44. The van der Waals surface area contributed by atoms with E-state index in [0.717, 1.165) is 36.3 Å². The summed E-state index contributed by atoms with van der Waals surface area (Å²) in [5.41, 5.74) is -2.01. The molecule has 1 aromatic heterocycles. The van der Waals surface area contributed by atoms with Gasteiger partial charge in [0.15, 0.2) is 15.6 Å². The molecule has 1 saturated carbocycles. The van der Waals surface area contributed by atoms with Crippen LogP contribution in [0, 0.1) is 17.8 Å². The molecule has 0 spiro atoms. The first kappa shape index (κ1) is 35.5. The molecule has 2 aliphatic carbocycles. The van der Waals surface area contributed by atoms with Crippen molar-refractivity contribution in [2.24, 2.45) is 17.8 Å². The summed E-state index contributed by atoms with van der Waals surface area (Å²) in [5, 5.41) is 12.0. The molecule has 1 aromatic carbocycles. The monoisotopic (exact) mass is 818 g/mol. The van der Waals surface area contributed by atoms with E-state index in [1.165, 1.54) is 6.08 Å². The van der Waals surface area contributed by atoms with Crippen LogP contribution >= 0.6 is 50.7 Å². The number of amides is 4. The smallest absolute Gasteiger partial charge is 0.508 e. The molecule has 10 nitrogen and oxygen atoms in total. The minimum atomic E-state index is -5.16. The molecule has 0 unspecified atom stereocenters. The zero-order valence-corrected chi connectivity index (χ0v) is 28.3. The topological polar surface area (TPSA) is 120 Å². The number of nitrogens with zero attached hydrogens (tertiary/aromatic N) is 4. The van der Waals surface area contributed by atoms with E-state index in [4.69, 9.17) is 34.8 Å². The Balaban J connectivity index is 1.48. The van der Waals surface area contributed by atoms with E-state index in [0.29, 0.717) is 16.0 Å². The van der Waals surface area contributed by atoms with Gasteiger partial charge in [0, 0.05) is 18.5 Å². The Morgan fingerprint density at radius 2 is 1.71 bits per heavy atom. The largest absolute Gasteiger partial charge is 0.573 e. The second-order valence-electron chi connectivity index (χ2n) is 11.8. The number of fused-ring (bicyclic) bond motifs is 4. The molecule has 1 N–H and O–H groups in total. The average molecular weight is 821 g/mol. The van der Waals surface area contributed by atoms with Crippen molar-refractivity contribution in [1.29, 1.82) is 0 Å². The van der Waals surface area contributed by atoms with Crippen molar-refractivity contribution in [2.45, 2.75) is 41.0 Å². The van der Waals surface area contributed by atoms with Crippen LogP contribution in [0.15, 0.2) is 42.0 Å². The van der Waals surface area contributed by atoms with Crippen molar-refractivity contribution in [3.05, 3.63) is 58.3 Å². The quantitative estimate of drug-likeness (QED) is 0.126. The van der Waals surface area contributed by atoms with Crippen LogP contribution in [0.25, 0.3) is 0 Å². The number of aromatic nitrogens is 1. The third kappa shape index (κ3) is 5.25. The van der Waals surface area contributed by atoms with Gasteiger partial charge in [0.05, 0.1) is 22.3 Å². The van der Waals surface area contributed by atoms with Crippen molar-refractivity contribution in [3.8, 4) is 11.5 Å². The highest BCUT2D eigenvalue weighted by Crippen LogP contribution is 2.66. The number of hydrogen-bond acceptors (Lipinski definition) is 8. The highest BCUT2D eigenvalue weighted by atomic mass is 79.9. The van der Waals surface area contributed by atoms with Crippen LogP contribution in [0.4, 0.5) is 32.2 Å². The molecule has 4 aliphatic rings. The lowest BCUT2D eigenvalue weighted by molar-refractivity contribution is -0.274. The molecule has 2 aliphatic heterocycles. The average Bonchev–Trinajstić information content (AvgIpc) is 3.34. The summed E-state index contributed by atoms with van der Waals surface area (Å²) in [6.07, 6.45) is -9.35. The van der Waals surface area contributed by atoms with Crippen molar-refractivity contribution in [3.63, 3.8) is 0 Å². The first-order valence-electron chi connectivity index (χ1n) is 14.1. The number of aromatic hydroxyl groups is 1. The molecule has 20 heteroatoms. The number of carbonyl (C=O) groups excluding carboxylic acids is 4. The minimum absolute atomic E-state index is 0.116. The highest BCUT2D eigenvalue weighted by molar-refractivity contribution is 9.09. The fourth-order valence-electron chi connectivity index (χ4n) is 7.25. The van der Waals surface area contributed by atoms with Crippen LogP contribution in [0.5, 0.6) is 11.5 Å². The van der Waals surface area contributed by atoms with E-state index in [9.17, 15) is 50.6 Å². The number of phenols is 1. The number of likely N-dealkylation sites (tertiary alicyclic amines) is 1. The number of ether oxygens (including phenoxy) is 1. The SMILES string of the molecule is CN(c1nc(C(F)(F)F)ccc1Cl)N1C(=O)[C@H]2[C@H](CC=C3[C@H]2C[C@@]2(Cl)C(=O)N(CBr)C(=O)[C@@]2(Cl)[C@H]3c2cc(OC(F)(F)F)ccc2O)C1=O. The van der Waals surface area contributed by atoms with Crippen LogP contribution in [0.2, 0.25) is 5.02 Å². The third-order valence-corrected chi connectivity index (χ3v) is 11.5. The molecule has 3 heterocycles. The number of rotatable bonds is 5. The van der Waals surface area contributed by atoms with Gasteiger partial charge in [-0.15, -0.1) is 36.4 Å². The number of imide groups is 2. The Morgan fingerprint density at radius 3 is 2.33 bits per heavy atom. The Hall–Kier alpha value is -3.28. The van der Waals surface area contributed by atoms with Gasteiger partial charge in [-0.25, -0.2) is 4.98 Å². The lowest BCUT2D eigenvalue weighted by Crippen LogP contribution is -2.60. The molecule has 2 aromatic rings. The van der Waals surface area contributed by atoms with Crippen molar-refractivity contribution < 1.29 is 55.4 Å². The first-order chi connectivity index (χ1) is 22.7. The van der Waals surface area contributed by atoms with Gasteiger partial charge >= 0.3 is 12.5 Å². The summed E-state index contributed by atoms with van der Waals surface area (Å²) < 4.78 is 84.1. The van der Waals surface area contributed by atoms with Gasteiger partial charge in [-0.05, 0) is 49.1 Å². The standard InChI is InChI=1S/C29H20BrCl3F6N4O6/c1-41(21-16(31)5-7-18(40-21)28(34,35)36)43-22(45)13-4-3-12-15(19(13)23(43)46)9-26(32)24(47)42(10-30)25(48)27(26,33)20(12)14-8-11(2-6-17(14)44)49-29(37,38)39/h2-3,5-8,13,15,19-20,44H,4,9-10H2,1H3/t13-,15+,19-,20+,26+,27-/m0/s1. The van der Waals surface area contributed by atoms with Crippen LogP contribution in [-0.2, 0) is 25.4 Å². The molecule has 6 atom stereocenters. The van der Waals surface area contributed by atoms with Gasteiger partial charge in [0.1, 0.15) is 17.2 Å². The summed E-state index contributed by atoms with van der Waals surface area (Å²) in [4.78, 5) is 55.0. The molecular formula is C29H20BrCl3F6N4O6. The molecule has 2 saturated heterocycles. The Bertz CT molecular complexity index is 1850. The molecule has 6 rings (SSSR count). The number of carbonyl (C=O) groups is 4. The fourth-order valence-corrected chi connectivity index (χ4v) is 8.89. The summed E-state index contributed by atoms with van der Waals surface area (Å²) in [6, 6.07) is 3.95. The van der Waals surface area contributed by atoms with E-state index in [1.54, 1.807) is 0 Å². The van der Waals surface area contributed by atoms with Gasteiger partial charge < -0.3 is 9.84 Å². The molecule has 0 bridgehead atoms. The van der Waals surface area contributed by atoms with Crippen molar-refractivity contribution in [2.75, 3.05) is 17.5 Å². The number of hydrazine groups is 1. The number of halogens is 10. The maximum absolute atomic E-state index is 14.2. The van der Waals surface area contributed by atoms with Gasteiger partial charge in [-0.2, -0.15) is 18.2 Å². The van der Waals surface area contributed by atoms with E-state index in [-0.39, 0.29) is 28.0 Å². The van der Waals surface area contributed by atoms with Gasteiger partial charge in [0.25, 0.3) is 23.6 Å².